The molecule has 7 heteroatoms. The number of piperidine rings is 1. The van der Waals surface area contributed by atoms with E-state index in [1.54, 1.807) is 6.07 Å². The third-order valence-corrected chi connectivity index (χ3v) is 5.82. The Balaban J connectivity index is 1.48. The second-order valence-corrected chi connectivity index (χ2v) is 7.86. The Morgan fingerprint density at radius 3 is 2.65 bits per heavy atom. The molecule has 1 N–H and O–H groups in total. The number of aliphatic hydroxyl groups is 1. The van der Waals surface area contributed by atoms with E-state index in [-0.39, 0.29) is 12.1 Å². The van der Waals surface area contributed by atoms with Crippen molar-refractivity contribution >= 4 is 0 Å². The highest BCUT2D eigenvalue weighted by molar-refractivity contribution is 5.09. The van der Waals surface area contributed by atoms with Gasteiger partial charge in [-0.1, -0.05) is 0 Å². The van der Waals surface area contributed by atoms with Gasteiger partial charge in [0.25, 0.3) is 5.56 Å². The Hall–Kier alpha value is -1.99. The number of nitrogens with zero attached hydrogens (tertiary/aromatic N) is 5. The second kappa shape index (κ2) is 6.63. The fraction of sp³-hybridized carbons (Fsp3) is 0.632. The maximum atomic E-state index is 12.1. The first-order valence-corrected chi connectivity index (χ1v) is 9.50. The Morgan fingerprint density at radius 2 is 2.00 bits per heavy atom. The lowest BCUT2D eigenvalue weighted by Gasteiger charge is -2.43. The van der Waals surface area contributed by atoms with Crippen LogP contribution in [-0.2, 0) is 19.6 Å². The highest BCUT2D eigenvalue weighted by atomic mass is 16.3. The van der Waals surface area contributed by atoms with Crippen molar-refractivity contribution in [1.82, 2.24) is 24.5 Å². The summed E-state index contributed by atoms with van der Waals surface area (Å²) >= 11 is 0. The second-order valence-electron chi connectivity index (χ2n) is 7.86. The van der Waals surface area contributed by atoms with E-state index in [0.29, 0.717) is 24.9 Å². The smallest absolute Gasteiger partial charge is 0.266 e. The van der Waals surface area contributed by atoms with E-state index < -0.39 is 5.60 Å². The van der Waals surface area contributed by atoms with E-state index in [4.69, 9.17) is 0 Å². The van der Waals surface area contributed by atoms with Crippen molar-refractivity contribution in [2.75, 3.05) is 0 Å². The minimum atomic E-state index is -0.861. The normalized spacial score (nSPS) is 28.6. The van der Waals surface area contributed by atoms with Gasteiger partial charge in [0, 0.05) is 43.0 Å². The van der Waals surface area contributed by atoms with Crippen LogP contribution in [0.3, 0.4) is 0 Å². The zero-order valence-electron chi connectivity index (χ0n) is 15.5. The molecule has 4 heterocycles. The van der Waals surface area contributed by atoms with E-state index in [9.17, 15) is 9.90 Å². The van der Waals surface area contributed by atoms with Crippen LogP contribution in [0.25, 0.3) is 0 Å². The van der Waals surface area contributed by atoms with Gasteiger partial charge in [0.2, 0.25) is 0 Å². The summed E-state index contributed by atoms with van der Waals surface area (Å²) in [5.41, 5.74) is 1.01. The summed E-state index contributed by atoms with van der Waals surface area (Å²) in [7, 11) is 0. The van der Waals surface area contributed by atoms with E-state index in [2.05, 4.69) is 28.2 Å². The molecule has 2 bridgehead atoms. The molecule has 2 aromatic rings. The van der Waals surface area contributed by atoms with Gasteiger partial charge < -0.3 is 5.11 Å². The quantitative estimate of drug-likeness (QED) is 0.874. The Labute approximate surface area is 153 Å². The fourth-order valence-electron chi connectivity index (χ4n) is 4.62. The van der Waals surface area contributed by atoms with Crippen LogP contribution in [0, 0.1) is 6.92 Å². The molecule has 2 atom stereocenters. The van der Waals surface area contributed by atoms with Crippen molar-refractivity contribution in [3.8, 4) is 0 Å². The molecule has 0 amide bonds. The van der Waals surface area contributed by atoms with Crippen molar-refractivity contribution in [2.45, 2.75) is 76.8 Å². The Morgan fingerprint density at radius 1 is 1.27 bits per heavy atom. The molecule has 140 valence electrons. The monoisotopic (exact) mass is 357 g/mol. The fourth-order valence-corrected chi connectivity index (χ4v) is 4.62. The molecule has 0 aliphatic carbocycles. The third-order valence-electron chi connectivity index (χ3n) is 5.82. The highest BCUT2D eigenvalue weighted by Gasteiger charge is 2.47. The van der Waals surface area contributed by atoms with Crippen molar-refractivity contribution in [2.24, 2.45) is 0 Å². The van der Waals surface area contributed by atoms with Crippen LogP contribution in [0.4, 0.5) is 0 Å². The summed E-state index contributed by atoms with van der Waals surface area (Å²) in [6.07, 6.45) is 7.63. The highest BCUT2D eigenvalue weighted by Crippen LogP contribution is 2.42. The summed E-state index contributed by atoms with van der Waals surface area (Å²) in [6, 6.07) is 3.94. The molecule has 0 aromatic carbocycles. The molecular formula is C19H27N5O2. The van der Waals surface area contributed by atoms with Gasteiger partial charge >= 0.3 is 0 Å². The number of fused-ring (bicyclic) bond motifs is 2. The van der Waals surface area contributed by atoms with Gasteiger partial charge in [-0.25, -0.2) is 4.68 Å². The predicted octanol–water partition coefficient (Wildman–Crippen LogP) is 1.33. The third kappa shape index (κ3) is 3.33. The summed E-state index contributed by atoms with van der Waals surface area (Å²) in [5, 5.41) is 19.9. The molecule has 2 saturated heterocycles. The van der Waals surface area contributed by atoms with E-state index in [1.807, 2.05) is 17.8 Å². The summed E-state index contributed by atoms with van der Waals surface area (Å²) in [4.78, 5) is 14.6. The van der Waals surface area contributed by atoms with Gasteiger partial charge in [0.15, 0.2) is 0 Å². The number of hydrogen-bond acceptors (Lipinski definition) is 5. The molecule has 0 saturated carbocycles. The van der Waals surface area contributed by atoms with E-state index in [1.165, 1.54) is 16.3 Å². The Kier molecular flexibility index (Phi) is 4.44. The molecule has 2 unspecified atom stereocenters. The molecule has 2 fully saturated rings. The van der Waals surface area contributed by atoms with Gasteiger partial charge in [-0.15, -0.1) is 0 Å². The van der Waals surface area contributed by atoms with Gasteiger partial charge in [-0.2, -0.15) is 10.2 Å². The zero-order chi connectivity index (χ0) is 18.3. The topological polar surface area (TPSA) is 76.2 Å². The van der Waals surface area contributed by atoms with Crippen molar-refractivity contribution in [1.29, 1.82) is 0 Å². The largest absolute Gasteiger partial charge is 0.388 e. The Bertz CT molecular complexity index is 828. The number of hydrogen-bond donors (Lipinski definition) is 1. The summed E-state index contributed by atoms with van der Waals surface area (Å²) in [6.45, 7) is 5.99. The van der Waals surface area contributed by atoms with E-state index >= 15 is 0 Å². The molecule has 0 spiro atoms. The van der Waals surface area contributed by atoms with Crippen LogP contribution in [0.1, 0.15) is 43.9 Å². The first-order valence-electron chi connectivity index (χ1n) is 9.50. The minimum Gasteiger partial charge on any atom is -0.388 e. The van der Waals surface area contributed by atoms with Crippen molar-refractivity contribution in [3.05, 3.63) is 46.1 Å². The number of aryl methyl sites for hydroxylation is 2. The van der Waals surface area contributed by atoms with Crippen LogP contribution < -0.4 is 5.56 Å². The van der Waals surface area contributed by atoms with E-state index in [0.717, 1.165) is 31.6 Å². The van der Waals surface area contributed by atoms with Crippen LogP contribution in [0.5, 0.6) is 0 Å². The first kappa shape index (κ1) is 17.4. The summed E-state index contributed by atoms with van der Waals surface area (Å²) < 4.78 is 3.38. The summed E-state index contributed by atoms with van der Waals surface area (Å²) in [5.74, 6) is 0. The lowest BCUT2D eigenvalue weighted by molar-refractivity contribution is -0.0677. The maximum absolute atomic E-state index is 12.1. The van der Waals surface area contributed by atoms with Gasteiger partial charge in [-0.05, 0) is 45.6 Å². The molecular weight excluding hydrogens is 330 g/mol. The van der Waals surface area contributed by atoms with Crippen LogP contribution in [0.15, 0.2) is 29.3 Å². The van der Waals surface area contributed by atoms with Crippen LogP contribution in [0.2, 0.25) is 0 Å². The lowest BCUT2D eigenvalue weighted by Crippen LogP contribution is -2.53. The molecule has 2 aliphatic rings. The van der Waals surface area contributed by atoms with Gasteiger partial charge in [0.1, 0.15) is 0 Å². The predicted molar refractivity (Wildman–Crippen MR) is 97.7 cm³/mol. The minimum absolute atomic E-state index is 0.147. The van der Waals surface area contributed by atoms with Gasteiger partial charge in [0.05, 0.1) is 24.0 Å². The molecule has 26 heavy (non-hydrogen) atoms. The molecule has 2 aliphatic heterocycles. The molecule has 2 aromatic heterocycles. The average Bonchev–Trinajstić information content (AvgIpc) is 3.15. The van der Waals surface area contributed by atoms with Crippen molar-refractivity contribution in [3.63, 3.8) is 0 Å². The molecule has 0 radical (unpaired) electrons. The average molecular weight is 357 g/mol. The standard InChI is InChI=1S/C19H27N5O2/c1-3-22-11-15(10-20-22)12-23-16-5-6-17(23)9-19(26,8-16)13-24-18(25)7-4-14(2)21-24/h4,7,10-11,16-17,26H,3,5-6,8-9,12-13H2,1-2H3. The maximum Gasteiger partial charge on any atom is 0.266 e. The van der Waals surface area contributed by atoms with Crippen LogP contribution >= 0.6 is 0 Å². The first-order chi connectivity index (χ1) is 12.5. The molecule has 4 rings (SSSR count). The lowest BCUT2D eigenvalue weighted by atomic mass is 9.85. The number of rotatable bonds is 5. The van der Waals surface area contributed by atoms with Gasteiger partial charge in [-0.3, -0.25) is 14.4 Å². The molecule has 7 nitrogen and oxygen atoms in total. The van der Waals surface area contributed by atoms with Crippen molar-refractivity contribution < 1.29 is 5.11 Å². The zero-order valence-corrected chi connectivity index (χ0v) is 15.5. The SMILES string of the molecule is CCn1cc(CN2C3CCC2CC(O)(Cn2nc(C)ccc2=O)C3)cn1. The number of aromatic nitrogens is 4. The van der Waals surface area contributed by atoms with Crippen LogP contribution in [-0.4, -0.2) is 47.3 Å².